The van der Waals surface area contributed by atoms with E-state index in [1.165, 1.54) is 32.1 Å². The van der Waals surface area contributed by atoms with Gasteiger partial charge < -0.3 is 22.3 Å². The van der Waals surface area contributed by atoms with E-state index in [4.69, 9.17) is 22.3 Å². The van der Waals surface area contributed by atoms with Crippen molar-refractivity contribution in [2.75, 3.05) is 6.54 Å². The zero-order valence-corrected chi connectivity index (χ0v) is 17.0. The van der Waals surface area contributed by atoms with Gasteiger partial charge in [0.25, 0.3) is 0 Å². The van der Waals surface area contributed by atoms with Crippen molar-refractivity contribution in [2.24, 2.45) is 23.3 Å². The Morgan fingerprint density at radius 3 is 2.45 bits per heavy atom. The normalized spacial score (nSPS) is 15.6. The minimum atomic E-state index is -0.889. The van der Waals surface area contributed by atoms with Crippen LogP contribution in [0.3, 0.4) is 0 Å². The van der Waals surface area contributed by atoms with E-state index in [9.17, 15) is 4.79 Å². The Morgan fingerprint density at radius 2 is 2.09 bits per heavy atom. The Labute approximate surface area is 177 Å². The van der Waals surface area contributed by atoms with Crippen molar-refractivity contribution in [3.8, 4) is 0 Å². The van der Waals surface area contributed by atoms with Crippen LogP contribution >= 0.6 is 0 Å². The third-order valence-electron chi connectivity index (χ3n) is 3.78. The van der Waals surface area contributed by atoms with Crippen molar-refractivity contribution < 1.29 is 61.3 Å². The number of allylic oxidation sites excluding steroid dienone is 2. The molecule has 0 saturated heterocycles. The molecule has 1 atom stereocenters. The van der Waals surface area contributed by atoms with E-state index >= 15 is 0 Å². The number of rotatable bonds is 9. The molecule has 0 aromatic heterocycles. The molecule has 1 saturated carbocycles. The summed E-state index contributed by atoms with van der Waals surface area (Å²) in [6.07, 6.45) is 11.6. The summed E-state index contributed by atoms with van der Waals surface area (Å²) >= 11 is 0. The van der Waals surface area contributed by atoms with Gasteiger partial charge in [0.15, 0.2) is 0 Å². The van der Waals surface area contributed by atoms with Gasteiger partial charge in [-0.15, -0.1) is 12.3 Å². The molecule has 5 nitrogen and oxygen atoms in total. The summed E-state index contributed by atoms with van der Waals surface area (Å²) in [6, 6.07) is 0. The molecule has 1 unspecified atom stereocenters. The summed E-state index contributed by atoms with van der Waals surface area (Å²) in [5.41, 5.74) is 17.7. The van der Waals surface area contributed by atoms with Gasteiger partial charge in [0.05, 0.1) is 5.92 Å². The quantitative estimate of drug-likeness (QED) is 0.419. The summed E-state index contributed by atoms with van der Waals surface area (Å²) in [5, 5.41) is 8.75. The number of nitrogens with one attached hydrogen (secondary N) is 1. The first kappa shape index (κ1) is 24.4. The average Bonchev–Trinajstić information content (AvgIpc) is 2.42. The van der Waals surface area contributed by atoms with Crippen LogP contribution in [0.15, 0.2) is 24.6 Å². The van der Waals surface area contributed by atoms with E-state index in [0.717, 1.165) is 12.1 Å². The fourth-order valence-electron chi connectivity index (χ4n) is 2.15. The molecule has 1 rings (SSSR count). The Balaban J connectivity index is 0. The van der Waals surface area contributed by atoms with Gasteiger partial charge in [-0.25, -0.2) is 0 Å². The number of hydrogen-bond donors (Lipinski definition) is 3. The first-order chi connectivity index (χ1) is 10.0. The van der Waals surface area contributed by atoms with E-state index in [0.29, 0.717) is 19.4 Å². The van der Waals surface area contributed by atoms with E-state index in [-0.39, 0.29) is 63.5 Å². The molecule has 6 N–H and O–H groups in total. The molecule has 122 valence electrons. The predicted octanol–water partition coefficient (Wildman–Crippen LogP) is 0.425. The molecular weight excluding hydrogens is 305 g/mol. The van der Waals surface area contributed by atoms with Crippen molar-refractivity contribution in [1.82, 2.24) is 0 Å². The Hall–Kier alpha value is 0.146. The average molecular weight is 336 g/mol. The largest absolute Gasteiger partial charge is 1.00 e. The number of aliphatic carboxylic acids is 1. The zero-order chi connectivity index (χ0) is 16.1. The molecule has 0 spiro atoms. The van der Waals surface area contributed by atoms with E-state index in [1.807, 2.05) is 6.08 Å². The fourth-order valence-corrected chi connectivity index (χ4v) is 2.15. The second-order valence-electron chi connectivity index (χ2n) is 5.53. The SMILES string of the molecule is C=CCCC1CCC1.[K+].[NH-]/C(=C\N)CC(CCCN)C(=O)O. The molecule has 6 heteroatoms. The molecule has 1 aliphatic rings. The summed E-state index contributed by atoms with van der Waals surface area (Å²) < 4.78 is 0. The van der Waals surface area contributed by atoms with Crippen LogP contribution in [0.2, 0.25) is 0 Å². The van der Waals surface area contributed by atoms with Crippen molar-refractivity contribution in [3.63, 3.8) is 0 Å². The molecule has 0 amide bonds. The second-order valence-corrected chi connectivity index (χ2v) is 5.53. The smallest absolute Gasteiger partial charge is 0.701 e. The third-order valence-corrected chi connectivity index (χ3v) is 3.78. The van der Waals surface area contributed by atoms with Crippen LogP contribution in [0.1, 0.15) is 51.4 Å². The number of carbonyl (C=O) groups is 1. The summed E-state index contributed by atoms with van der Waals surface area (Å²) in [5.74, 6) is -0.358. The van der Waals surface area contributed by atoms with Gasteiger partial charge >= 0.3 is 57.4 Å². The first-order valence-corrected chi connectivity index (χ1v) is 7.71. The van der Waals surface area contributed by atoms with Crippen LogP contribution in [-0.4, -0.2) is 17.6 Å². The summed E-state index contributed by atoms with van der Waals surface area (Å²) in [7, 11) is 0. The third kappa shape index (κ3) is 12.7. The van der Waals surface area contributed by atoms with E-state index in [1.54, 1.807) is 0 Å². The molecular formula is C16H30KN3O2. The molecule has 22 heavy (non-hydrogen) atoms. The standard InChI is InChI=1S/C8H16N3O2.C8H14.K/c9-3-1-2-6(8(12)13)4-7(11)5-10;1-2-3-5-8-6-4-7-8;/h5-6,11H,1-4,9-10H2,(H,12,13);2,8H,1,3-7H2;/q-1;;+1/b7-5-;;. The van der Waals surface area contributed by atoms with Gasteiger partial charge in [-0.05, 0) is 50.8 Å². The number of carboxylic acid groups (broad SMARTS) is 1. The van der Waals surface area contributed by atoms with E-state index < -0.39 is 11.9 Å². The Bertz CT molecular complexity index is 331. The fraction of sp³-hybridized carbons (Fsp3) is 0.688. The molecule has 0 heterocycles. The summed E-state index contributed by atoms with van der Waals surface area (Å²) in [6.45, 7) is 4.17. The van der Waals surface area contributed by atoms with Gasteiger partial charge in [0, 0.05) is 0 Å². The maximum atomic E-state index is 10.7. The van der Waals surface area contributed by atoms with Crippen LogP contribution in [0.5, 0.6) is 0 Å². The first-order valence-electron chi connectivity index (χ1n) is 7.71. The molecule has 0 aromatic rings. The van der Waals surface area contributed by atoms with Crippen molar-refractivity contribution in [2.45, 2.75) is 51.4 Å². The van der Waals surface area contributed by atoms with Crippen LogP contribution in [-0.2, 0) is 4.79 Å². The van der Waals surface area contributed by atoms with Crippen LogP contribution in [0.4, 0.5) is 0 Å². The van der Waals surface area contributed by atoms with Crippen molar-refractivity contribution in [3.05, 3.63) is 30.3 Å². The van der Waals surface area contributed by atoms with Gasteiger partial charge in [-0.3, -0.25) is 4.79 Å². The minimum Gasteiger partial charge on any atom is -0.701 e. The van der Waals surface area contributed by atoms with Gasteiger partial charge in [-0.2, -0.15) is 0 Å². The Morgan fingerprint density at radius 1 is 1.45 bits per heavy atom. The van der Waals surface area contributed by atoms with Gasteiger partial charge in [-0.1, -0.05) is 25.3 Å². The molecule has 0 aromatic carbocycles. The zero-order valence-electron chi connectivity index (χ0n) is 13.9. The monoisotopic (exact) mass is 335 g/mol. The maximum Gasteiger partial charge on any atom is 1.00 e. The maximum absolute atomic E-state index is 10.7. The van der Waals surface area contributed by atoms with Crippen molar-refractivity contribution in [1.29, 1.82) is 0 Å². The predicted molar refractivity (Wildman–Crippen MR) is 87.4 cm³/mol. The molecule has 1 fully saturated rings. The topological polar surface area (TPSA) is 113 Å². The second kappa shape index (κ2) is 16.0. The van der Waals surface area contributed by atoms with Gasteiger partial charge in [0.1, 0.15) is 0 Å². The van der Waals surface area contributed by atoms with E-state index in [2.05, 4.69) is 6.58 Å². The van der Waals surface area contributed by atoms with Crippen LogP contribution < -0.4 is 62.9 Å². The molecule has 0 aliphatic heterocycles. The molecule has 1 aliphatic carbocycles. The minimum absolute atomic E-state index is 0. The van der Waals surface area contributed by atoms with Gasteiger partial charge in [0.2, 0.25) is 0 Å². The molecule has 0 bridgehead atoms. The number of hydrogen-bond acceptors (Lipinski definition) is 3. The Kier molecular flexibility index (Phi) is 17.8. The summed E-state index contributed by atoms with van der Waals surface area (Å²) in [4.78, 5) is 10.7. The number of carboxylic acids is 1. The van der Waals surface area contributed by atoms with Crippen molar-refractivity contribution >= 4 is 5.97 Å². The van der Waals surface area contributed by atoms with Crippen LogP contribution in [0, 0.1) is 11.8 Å². The molecule has 0 radical (unpaired) electrons. The number of nitrogens with two attached hydrogens (primary N) is 2. The van der Waals surface area contributed by atoms with Crippen LogP contribution in [0.25, 0.3) is 5.73 Å².